The van der Waals surface area contributed by atoms with E-state index in [0.717, 1.165) is 42.3 Å². The van der Waals surface area contributed by atoms with Crippen molar-refractivity contribution in [1.29, 1.82) is 0 Å². The molecule has 1 unspecified atom stereocenters. The molecule has 2 N–H and O–H groups in total. The normalized spacial score (nSPS) is 16.6. The molecule has 1 saturated heterocycles. The van der Waals surface area contributed by atoms with Crippen LogP contribution in [0.1, 0.15) is 24.1 Å². The minimum absolute atomic E-state index is 0. The van der Waals surface area contributed by atoms with Gasteiger partial charge in [-0.05, 0) is 30.7 Å². The molecule has 1 atom stereocenters. The van der Waals surface area contributed by atoms with Gasteiger partial charge in [0.1, 0.15) is 11.5 Å². The minimum Gasteiger partial charge on any atom is -0.496 e. The zero-order valence-electron chi connectivity index (χ0n) is 17.0. The van der Waals surface area contributed by atoms with E-state index in [1.807, 2.05) is 49.4 Å². The zero-order chi connectivity index (χ0) is 19.8. The molecule has 0 saturated carbocycles. The lowest BCUT2D eigenvalue weighted by atomic mass is 10.0. The van der Waals surface area contributed by atoms with Crippen LogP contribution in [-0.2, 0) is 11.3 Å². The Labute approximate surface area is 179 Å². The maximum absolute atomic E-state index is 12.6. The largest absolute Gasteiger partial charge is 0.496 e. The van der Waals surface area contributed by atoms with Crippen LogP contribution in [0.4, 0.5) is 0 Å². The maximum atomic E-state index is 12.6. The van der Waals surface area contributed by atoms with Crippen molar-refractivity contribution in [3.63, 3.8) is 0 Å². The molecule has 29 heavy (non-hydrogen) atoms. The Morgan fingerprint density at radius 3 is 2.86 bits per heavy atom. The first-order chi connectivity index (χ1) is 13.7. The highest BCUT2D eigenvalue weighted by molar-refractivity contribution is 5.85. The first-order valence-electron chi connectivity index (χ1n) is 9.77. The first-order valence-corrected chi connectivity index (χ1v) is 9.77. The first kappa shape index (κ1) is 23.0. The van der Waals surface area contributed by atoms with Crippen molar-refractivity contribution in [2.75, 3.05) is 39.9 Å². The van der Waals surface area contributed by atoms with E-state index in [1.165, 1.54) is 0 Å². The second-order valence-electron chi connectivity index (χ2n) is 6.79. The number of carbonyl (C=O) groups excluding carboxylic acids is 1. The predicted octanol–water partition coefficient (Wildman–Crippen LogP) is 2.78. The van der Waals surface area contributed by atoms with Gasteiger partial charge in [0, 0.05) is 31.7 Å². The second kappa shape index (κ2) is 11.7. The molecule has 158 valence electrons. The van der Waals surface area contributed by atoms with Crippen LogP contribution in [0, 0.1) is 0 Å². The maximum Gasteiger partial charge on any atom is 0.234 e. The summed E-state index contributed by atoms with van der Waals surface area (Å²) < 4.78 is 11.0. The Bertz CT molecular complexity index is 787. The molecule has 3 rings (SSSR count). The molecular weight excluding hydrogens is 390 g/mol. The van der Waals surface area contributed by atoms with E-state index in [2.05, 4.69) is 21.6 Å². The van der Waals surface area contributed by atoms with E-state index >= 15 is 0 Å². The van der Waals surface area contributed by atoms with Crippen LogP contribution in [0.25, 0.3) is 0 Å². The highest BCUT2D eigenvalue weighted by Crippen LogP contribution is 2.29. The fourth-order valence-corrected chi connectivity index (χ4v) is 3.54. The Morgan fingerprint density at radius 1 is 1.24 bits per heavy atom. The van der Waals surface area contributed by atoms with Gasteiger partial charge in [-0.15, -0.1) is 12.4 Å². The Kier molecular flexibility index (Phi) is 9.25. The van der Waals surface area contributed by atoms with Crippen LogP contribution in [0.3, 0.4) is 0 Å². The predicted molar refractivity (Wildman–Crippen MR) is 117 cm³/mol. The molecule has 0 spiro atoms. The van der Waals surface area contributed by atoms with E-state index in [9.17, 15) is 4.79 Å². The summed E-state index contributed by atoms with van der Waals surface area (Å²) in [6.45, 7) is 5.92. The molecule has 0 aliphatic carbocycles. The summed E-state index contributed by atoms with van der Waals surface area (Å²) in [4.78, 5) is 14.8. The van der Waals surface area contributed by atoms with Gasteiger partial charge >= 0.3 is 0 Å². The van der Waals surface area contributed by atoms with Crippen molar-refractivity contribution in [2.45, 2.75) is 19.5 Å². The summed E-state index contributed by atoms with van der Waals surface area (Å²) in [6.07, 6.45) is 0. The van der Waals surface area contributed by atoms with Crippen LogP contribution < -0.4 is 20.1 Å². The quantitative estimate of drug-likeness (QED) is 0.688. The number of nitrogens with one attached hydrogen (secondary N) is 2. The number of methoxy groups -OCH3 is 1. The number of ether oxygens (including phenoxy) is 2. The summed E-state index contributed by atoms with van der Waals surface area (Å²) in [6, 6.07) is 15.9. The Morgan fingerprint density at radius 2 is 2.07 bits per heavy atom. The third kappa shape index (κ3) is 6.35. The van der Waals surface area contributed by atoms with Gasteiger partial charge in [-0.25, -0.2) is 0 Å². The number of nitrogens with zero attached hydrogens (tertiary/aromatic N) is 1. The van der Waals surface area contributed by atoms with E-state index < -0.39 is 0 Å². The van der Waals surface area contributed by atoms with Crippen LogP contribution in [0.2, 0.25) is 0 Å². The highest BCUT2D eigenvalue weighted by Gasteiger charge is 2.27. The van der Waals surface area contributed by atoms with Gasteiger partial charge < -0.3 is 20.1 Å². The number of rotatable bonds is 8. The molecule has 1 heterocycles. The van der Waals surface area contributed by atoms with Crippen molar-refractivity contribution in [1.82, 2.24) is 15.5 Å². The summed E-state index contributed by atoms with van der Waals surface area (Å²) in [5.74, 6) is 1.70. The van der Waals surface area contributed by atoms with Gasteiger partial charge in [0.25, 0.3) is 0 Å². The van der Waals surface area contributed by atoms with Crippen LogP contribution in [-0.4, -0.2) is 50.7 Å². The Balaban J connectivity index is 0.00000300. The summed E-state index contributed by atoms with van der Waals surface area (Å²) in [5, 5.41) is 6.45. The van der Waals surface area contributed by atoms with E-state index in [0.29, 0.717) is 19.7 Å². The van der Waals surface area contributed by atoms with E-state index in [1.54, 1.807) is 7.11 Å². The highest BCUT2D eigenvalue weighted by atomic mass is 35.5. The number of hydrogen-bond acceptors (Lipinski definition) is 5. The molecule has 1 fully saturated rings. The minimum atomic E-state index is 0. The van der Waals surface area contributed by atoms with Crippen molar-refractivity contribution in [3.05, 3.63) is 59.7 Å². The lowest BCUT2D eigenvalue weighted by Gasteiger charge is -2.36. The smallest absolute Gasteiger partial charge is 0.234 e. The van der Waals surface area contributed by atoms with E-state index in [4.69, 9.17) is 9.47 Å². The van der Waals surface area contributed by atoms with Crippen molar-refractivity contribution >= 4 is 18.3 Å². The van der Waals surface area contributed by atoms with Gasteiger partial charge in [0.05, 0.1) is 26.3 Å². The molecule has 2 aromatic rings. The van der Waals surface area contributed by atoms with E-state index in [-0.39, 0.29) is 24.4 Å². The zero-order valence-corrected chi connectivity index (χ0v) is 17.8. The molecule has 0 radical (unpaired) electrons. The molecule has 2 aromatic carbocycles. The van der Waals surface area contributed by atoms with Crippen LogP contribution in [0.15, 0.2) is 48.5 Å². The SMILES string of the molecule is CCOc1cccc(CNC(=O)CN2CCNCC2c2ccccc2OC)c1.Cl. The lowest BCUT2D eigenvalue weighted by Crippen LogP contribution is -2.49. The molecule has 0 bridgehead atoms. The fraction of sp³-hybridized carbons (Fsp3) is 0.409. The van der Waals surface area contributed by atoms with Gasteiger partial charge in [0.15, 0.2) is 0 Å². The molecular formula is C22H30ClN3O3. The molecule has 0 aromatic heterocycles. The van der Waals surface area contributed by atoms with Gasteiger partial charge in [0.2, 0.25) is 5.91 Å². The summed E-state index contributed by atoms with van der Waals surface area (Å²) in [7, 11) is 1.68. The number of hydrogen-bond donors (Lipinski definition) is 2. The standard InChI is InChI=1S/C22H29N3O3.ClH/c1-3-28-18-8-6-7-17(13-18)14-24-22(26)16-25-12-11-23-15-20(25)19-9-4-5-10-21(19)27-2;/h4-10,13,20,23H,3,11-12,14-16H2,1-2H3,(H,24,26);1H. The molecule has 1 aliphatic heterocycles. The van der Waals surface area contributed by atoms with Crippen molar-refractivity contribution in [2.24, 2.45) is 0 Å². The monoisotopic (exact) mass is 419 g/mol. The third-order valence-corrected chi connectivity index (χ3v) is 4.90. The molecule has 1 aliphatic rings. The average molecular weight is 420 g/mol. The van der Waals surface area contributed by atoms with Gasteiger partial charge in [-0.1, -0.05) is 30.3 Å². The van der Waals surface area contributed by atoms with Gasteiger partial charge in [-0.3, -0.25) is 9.69 Å². The van der Waals surface area contributed by atoms with Crippen molar-refractivity contribution < 1.29 is 14.3 Å². The van der Waals surface area contributed by atoms with Crippen LogP contribution in [0.5, 0.6) is 11.5 Å². The van der Waals surface area contributed by atoms with Crippen molar-refractivity contribution in [3.8, 4) is 11.5 Å². The van der Waals surface area contributed by atoms with Crippen LogP contribution >= 0.6 is 12.4 Å². The topological polar surface area (TPSA) is 62.8 Å². The Hall–Kier alpha value is -2.28. The second-order valence-corrected chi connectivity index (χ2v) is 6.79. The van der Waals surface area contributed by atoms with Gasteiger partial charge in [-0.2, -0.15) is 0 Å². The molecule has 1 amide bonds. The lowest BCUT2D eigenvalue weighted by molar-refractivity contribution is -0.123. The number of piperazine rings is 1. The third-order valence-electron chi connectivity index (χ3n) is 4.90. The molecule has 7 heteroatoms. The number of para-hydroxylation sites is 1. The number of carbonyl (C=O) groups is 1. The molecule has 6 nitrogen and oxygen atoms in total. The number of halogens is 1. The fourth-order valence-electron chi connectivity index (χ4n) is 3.54. The summed E-state index contributed by atoms with van der Waals surface area (Å²) >= 11 is 0. The summed E-state index contributed by atoms with van der Waals surface area (Å²) in [5.41, 5.74) is 2.13. The number of benzene rings is 2. The average Bonchev–Trinajstić information content (AvgIpc) is 2.73. The number of amides is 1.